The zero-order chi connectivity index (χ0) is 14.8. The number of benzene rings is 1. The van der Waals surface area contributed by atoms with Gasteiger partial charge in [0, 0.05) is 36.5 Å². The number of nitrogens with zero attached hydrogens (tertiary/aromatic N) is 3. The number of hydrogen-bond acceptors (Lipinski definition) is 4. The van der Waals surface area contributed by atoms with Crippen LogP contribution in [0, 0.1) is 0 Å². The smallest absolute Gasteiger partial charge is 0.230 e. The molecule has 0 N–H and O–H groups in total. The van der Waals surface area contributed by atoms with E-state index in [2.05, 4.69) is 10.1 Å². The first kappa shape index (κ1) is 14.1. The van der Waals surface area contributed by atoms with Crippen LogP contribution in [0.4, 0.5) is 0 Å². The summed E-state index contributed by atoms with van der Waals surface area (Å²) in [6, 6.07) is 7.38. The third-order valence-electron chi connectivity index (χ3n) is 3.81. The average Bonchev–Trinajstić information content (AvgIpc) is 2.97. The Hall–Kier alpha value is -1.88. The highest BCUT2D eigenvalue weighted by Crippen LogP contribution is 2.29. The molecular formula is C15H16ClN3O2. The first-order chi connectivity index (χ1) is 10.1. The summed E-state index contributed by atoms with van der Waals surface area (Å²) in [6.45, 7) is 3.09. The van der Waals surface area contributed by atoms with Crippen LogP contribution in [0.15, 0.2) is 28.8 Å². The maximum absolute atomic E-state index is 11.3. The molecule has 0 saturated carbocycles. The molecule has 0 spiro atoms. The molecule has 5 nitrogen and oxygen atoms in total. The Kier molecular flexibility index (Phi) is 3.92. The highest BCUT2D eigenvalue weighted by Gasteiger charge is 2.26. The van der Waals surface area contributed by atoms with Gasteiger partial charge in [-0.2, -0.15) is 4.98 Å². The van der Waals surface area contributed by atoms with Crippen LogP contribution in [0.25, 0.3) is 11.4 Å². The van der Waals surface area contributed by atoms with E-state index in [0.29, 0.717) is 16.7 Å². The van der Waals surface area contributed by atoms with Crippen molar-refractivity contribution in [2.45, 2.75) is 25.7 Å². The molecule has 1 fully saturated rings. The molecule has 110 valence electrons. The van der Waals surface area contributed by atoms with E-state index in [1.165, 1.54) is 0 Å². The van der Waals surface area contributed by atoms with Crippen LogP contribution in [0.1, 0.15) is 31.6 Å². The van der Waals surface area contributed by atoms with Crippen molar-refractivity contribution < 1.29 is 9.32 Å². The lowest BCUT2D eigenvalue weighted by Gasteiger charge is -2.29. The van der Waals surface area contributed by atoms with E-state index in [-0.39, 0.29) is 11.8 Å². The molecule has 0 atom stereocenters. The minimum Gasteiger partial charge on any atom is -0.343 e. The molecule has 6 heteroatoms. The number of aromatic nitrogens is 2. The number of piperidine rings is 1. The lowest BCUT2D eigenvalue weighted by molar-refractivity contribution is -0.129. The first-order valence-electron chi connectivity index (χ1n) is 6.98. The second-order valence-electron chi connectivity index (χ2n) is 5.25. The van der Waals surface area contributed by atoms with E-state index in [4.69, 9.17) is 16.1 Å². The van der Waals surface area contributed by atoms with Gasteiger partial charge in [0.2, 0.25) is 17.6 Å². The fourth-order valence-corrected chi connectivity index (χ4v) is 2.78. The van der Waals surface area contributed by atoms with Crippen molar-refractivity contribution in [3.05, 3.63) is 35.2 Å². The van der Waals surface area contributed by atoms with Crippen molar-refractivity contribution in [3.8, 4) is 11.4 Å². The Labute approximate surface area is 127 Å². The van der Waals surface area contributed by atoms with Gasteiger partial charge in [0.05, 0.1) is 0 Å². The van der Waals surface area contributed by atoms with E-state index in [0.717, 1.165) is 31.5 Å². The Bertz CT molecular complexity index is 648. The predicted molar refractivity (Wildman–Crippen MR) is 79.0 cm³/mol. The summed E-state index contributed by atoms with van der Waals surface area (Å²) in [4.78, 5) is 17.7. The van der Waals surface area contributed by atoms with Crippen LogP contribution in [0.5, 0.6) is 0 Å². The summed E-state index contributed by atoms with van der Waals surface area (Å²) in [5.74, 6) is 1.55. The molecule has 0 radical (unpaired) electrons. The maximum atomic E-state index is 11.3. The number of carbonyl (C=O) groups is 1. The van der Waals surface area contributed by atoms with E-state index in [9.17, 15) is 4.79 Å². The first-order valence-corrected chi connectivity index (χ1v) is 7.36. The van der Waals surface area contributed by atoms with Crippen molar-refractivity contribution in [2.24, 2.45) is 0 Å². The summed E-state index contributed by atoms with van der Waals surface area (Å²) < 4.78 is 5.39. The van der Waals surface area contributed by atoms with Gasteiger partial charge in [0.1, 0.15) is 0 Å². The van der Waals surface area contributed by atoms with Gasteiger partial charge in [0.15, 0.2) is 0 Å². The highest BCUT2D eigenvalue weighted by molar-refractivity contribution is 6.30. The predicted octanol–water partition coefficient (Wildman–Crippen LogP) is 3.12. The minimum absolute atomic E-state index is 0.124. The van der Waals surface area contributed by atoms with Gasteiger partial charge in [-0.1, -0.05) is 28.9 Å². The number of rotatable bonds is 2. The summed E-state index contributed by atoms with van der Waals surface area (Å²) in [6.07, 6.45) is 1.72. The number of amides is 1. The van der Waals surface area contributed by atoms with Crippen LogP contribution in [-0.2, 0) is 4.79 Å². The second kappa shape index (κ2) is 5.85. The van der Waals surface area contributed by atoms with E-state index in [1.807, 2.05) is 29.2 Å². The summed E-state index contributed by atoms with van der Waals surface area (Å²) in [5, 5.41) is 4.68. The number of halogens is 1. The average molecular weight is 306 g/mol. The monoisotopic (exact) mass is 305 g/mol. The van der Waals surface area contributed by atoms with Gasteiger partial charge in [-0.25, -0.2) is 0 Å². The summed E-state index contributed by atoms with van der Waals surface area (Å²) >= 11 is 5.97. The van der Waals surface area contributed by atoms with Crippen molar-refractivity contribution in [1.29, 1.82) is 0 Å². The maximum Gasteiger partial charge on any atom is 0.230 e. The number of likely N-dealkylation sites (tertiary alicyclic amines) is 1. The largest absolute Gasteiger partial charge is 0.343 e. The normalized spacial score (nSPS) is 16.2. The molecule has 1 aliphatic rings. The molecule has 2 heterocycles. The van der Waals surface area contributed by atoms with Crippen molar-refractivity contribution in [2.75, 3.05) is 13.1 Å². The fourth-order valence-electron chi connectivity index (χ4n) is 2.59. The second-order valence-corrected chi connectivity index (χ2v) is 5.68. The van der Waals surface area contributed by atoms with E-state index < -0.39 is 0 Å². The van der Waals surface area contributed by atoms with Crippen LogP contribution >= 0.6 is 11.6 Å². The lowest BCUT2D eigenvalue weighted by atomic mass is 9.97. The van der Waals surface area contributed by atoms with Gasteiger partial charge >= 0.3 is 0 Å². The van der Waals surface area contributed by atoms with Crippen molar-refractivity contribution in [1.82, 2.24) is 15.0 Å². The number of carbonyl (C=O) groups excluding carboxylic acids is 1. The molecule has 0 aliphatic carbocycles. The van der Waals surface area contributed by atoms with E-state index >= 15 is 0 Å². The van der Waals surface area contributed by atoms with Crippen LogP contribution in [0.2, 0.25) is 5.02 Å². The quantitative estimate of drug-likeness (QED) is 0.855. The summed E-state index contributed by atoms with van der Waals surface area (Å²) in [7, 11) is 0. The van der Waals surface area contributed by atoms with Crippen molar-refractivity contribution in [3.63, 3.8) is 0 Å². The molecule has 0 bridgehead atoms. The zero-order valence-electron chi connectivity index (χ0n) is 11.8. The third kappa shape index (κ3) is 3.08. The van der Waals surface area contributed by atoms with E-state index in [1.54, 1.807) is 6.92 Å². The number of hydrogen-bond donors (Lipinski definition) is 0. The molecule has 3 rings (SSSR count). The van der Waals surface area contributed by atoms with Gasteiger partial charge < -0.3 is 9.42 Å². The SMILES string of the molecule is CC(=O)N1CCC(c2nc(-c3cccc(Cl)c3)no2)CC1. The fraction of sp³-hybridized carbons (Fsp3) is 0.400. The Morgan fingerprint density at radius 2 is 2.14 bits per heavy atom. The van der Waals surface area contributed by atoms with Crippen LogP contribution in [-0.4, -0.2) is 34.0 Å². The molecule has 21 heavy (non-hydrogen) atoms. The summed E-state index contributed by atoms with van der Waals surface area (Å²) in [5.41, 5.74) is 0.846. The Morgan fingerprint density at radius 1 is 1.38 bits per heavy atom. The standard InChI is InChI=1S/C15H16ClN3O2/c1-10(20)19-7-5-11(6-8-19)15-17-14(18-21-15)12-3-2-4-13(16)9-12/h2-4,9,11H,5-8H2,1H3. The highest BCUT2D eigenvalue weighted by atomic mass is 35.5. The molecule has 1 aliphatic heterocycles. The van der Waals surface area contributed by atoms with Gasteiger partial charge in [0.25, 0.3) is 0 Å². The van der Waals surface area contributed by atoms with Gasteiger partial charge in [-0.15, -0.1) is 0 Å². The molecule has 2 aromatic rings. The van der Waals surface area contributed by atoms with Gasteiger partial charge in [-0.3, -0.25) is 4.79 Å². The molecule has 1 saturated heterocycles. The molecular weight excluding hydrogens is 290 g/mol. The lowest BCUT2D eigenvalue weighted by Crippen LogP contribution is -2.36. The minimum atomic E-state index is 0.124. The zero-order valence-corrected chi connectivity index (χ0v) is 12.5. The molecule has 0 unspecified atom stereocenters. The van der Waals surface area contributed by atoms with Gasteiger partial charge in [-0.05, 0) is 25.0 Å². The van der Waals surface area contributed by atoms with Crippen LogP contribution in [0.3, 0.4) is 0 Å². The van der Waals surface area contributed by atoms with Crippen LogP contribution < -0.4 is 0 Å². The molecule has 1 aromatic carbocycles. The topological polar surface area (TPSA) is 59.2 Å². The van der Waals surface area contributed by atoms with Crippen molar-refractivity contribution >= 4 is 17.5 Å². The Balaban J connectivity index is 1.73. The third-order valence-corrected chi connectivity index (χ3v) is 4.05. The molecule has 1 amide bonds. The molecule has 1 aromatic heterocycles. The Morgan fingerprint density at radius 3 is 2.81 bits per heavy atom.